The number of benzene rings is 2. The van der Waals surface area contributed by atoms with Crippen LogP contribution in [0.25, 0.3) is 11.2 Å². The smallest absolute Gasteiger partial charge is 0.319 e. The molecule has 1 aliphatic carbocycles. The Bertz CT molecular complexity index is 1910. The molecule has 5 aromatic rings. The van der Waals surface area contributed by atoms with Crippen LogP contribution in [0.3, 0.4) is 0 Å². The average Bonchev–Trinajstić information content (AvgIpc) is 3.87. The number of imidazole rings is 1. The quantitative estimate of drug-likeness (QED) is 0.105. The minimum absolute atomic E-state index is 0. The molecule has 1 unspecified atom stereocenters. The van der Waals surface area contributed by atoms with Crippen molar-refractivity contribution in [3.8, 4) is 0 Å². The van der Waals surface area contributed by atoms with Gasteiger partial charge in [-0.1, -0.05) is 60.7 Å². The Balaban J connectivity index is 0.00000464. The molecule has 2 fully saturated rings. The number of nitrogens with zero attached hydrogens (tertiary/aromatic N) is 6. The summed E-state index contributed by atoms with van der Waals surface area (Å²) in [5.74, 6) is 0.523. The minimum Gasteiger partial charge on any atom is -0.388 e. The first-order valence-electron chi connectivity index (χ1n) is 17.0. The average molecular weight is 728 g/mol. The third kappa shape index (κ3) is 7.92. The van der Waals surface area contributed by atoms with E-state index in [1.807, 2.05) is 41.3 Å². The summed E-state index contributed by atoms with van der Waals surface area (Å²) in [4.78, 5) is 45.5. The van der Waals surface area contributed by atoms with E-state index in [9.17, 15) is 19.8 Å². The number of nitrogens with two attached hydrogens (primary N) is 1. The van der Waals surface area contributed by atoms with Crippen LogP contribution in [-0.4, -0.2) is 97.1 Å². The maximum atomic E-state index is 12.8. The van der Waals surface area contributed by atoms with Crippen molar-refractivity contribution in [2.75, 3.05) is 41.7 Å². The zero-order chi connectivity index (χ0) is 35.3. The van der Waals surface area contributed by atoms with Gasteiger partial charge in [0.15, 0.2) is 17.0 Å². The highest BCUT2D eigenvalue weighted by Crippen LogP contribution is 2.35. The Labute approximate surface area is 306 Å². The maximum absolute atomic E-state index is 12.8. The Kier molecular flexibility index (Phi) is 11.4. The van der Waals surface area contributed by atoms with Crippen molar-refractivity contribution >= 4 is 53.0 Å². The molecule has 0 spiro atoms. The van der Waals surface area contributed by atoms with E-state index in [0.717, 1.165) is 11.1 Å². The number of pyridine rings is 1. The number of amides is 3. The van der Waals surface area contributed by atoms with Gasteiger partial charge < -0.3 is 46.7 Å². The molecule has 8 N–H and O–H groups in total. The van der Waals surface area contributed by atoms with Crippen molar-refractivity contribution in [3.05, 3.63) is 103 Å². The molecular formula is C36H42ClN11O4. The molecule has 2 aromatic carbocycles. The molecule has 2 aliphatic rings. The van der Waals surface area contributed by atoms with E-state index in [0.29, 0.717) is 54.7 Å². The van der Waals surface area contributed by atoms with E-state index in [2.05, 4.69) is 50.5 Å². The van der Waals surface area contributed by atoms with E-state index < -0.39 is 30.2 Å². The van der Waals surface area contributed by atoms with Crippen molar-refractivity contribution in [1.82, 2.24) is 35.1 Å². The second-order valence-electron chi connectivity index (χ2n) is 12.9. The zero-order valence-corrected chi connectivity index (χ0v) is 29.1. The van der Waals surface area contributed by atoms with E-state index in [-0.39, 0.29) is 43.4 Å². The largest absolute Gasteiger partial charge is 0.388 e. The first-order chi connectivity index (χ1) is 24.9. The third-order valence-electron chi connectivity index (χ3n) is 9.55. The number of rotatable bonds is 11. The van der Waals surface area contributed by atoms with Crippen LogP contribution in [-0.2, 0) is 4.79 Å². The molecule has 3 aromatic heterocycles. The van der Waals surface area contributed by atoms with Crippen molar-refractivity contribution in [1.29, 1.82) is 0 Å². The van der Waals surface area contributed by atoms with Gasteiger partial charge in [0.1, 0.15) is 12.2 Å². The van der Waals surface area contributed by atoms with Crippen LogP contribution in [0.1, 0.15) is 35.9 Å². The standard InChI is InChI=1S/C36H41N11O4.ClH/c37-17-29(48)43-27-16-28(32(50)31(27)49)47-21-40-30-33(39-19-26(22-8-3-1-4-9-22)23-10-5-2-6-11-23)44-35(45-34(30)47)46-15-13-25(20-46)42-36(51)41-24-12-7-14-38-18-24;/h1-12,14,18,21,25-28,31-32,49-50H,13,15-17,19-20,37H2,(H,43,48)(H,39,44,45)(H2,41,42,51);1H/t25?,27-,28+,31+,32-;/m0./s1. The number of hydrogen-bond acceptors (Lipinski definition) is 11. The van der Waals surface area contributed by atoms with Gasteiger partial charge >= 0.3 is 6.03 Å². The summed E-state index contributed by atoms with van der Waals surface area (Å²) in [5.41, 5.74) is 9.33. The summed E-state index contributed by atoms with van der Waals surface area (Å²) < 4.78 is 1.74. The number of fused-ring (bicyclic) bond motifs is 1. The maximum Gasteiger partial charge on any atom is 0.319 e. The number of aromatic nitrogens is 5. The van der Waals surface area contributed by atoms with Crippen LogP contribution in [0, 0.1) is 0 Å². The number of aliphatic hydroxyl groups excluding tert-OH is 2. The molecule has 272 valence electrons. The molecule has 4 heterocycles. The lowest BCUT2D eigenvalue weighted by Gasteiger charge is -2.22. The topological polar surface area (TPSA) is 208 Å². The molecule has 1 saturated carbocycles. The Morgan fingerprint density at radius 2 is 1.67 bits per heavy atom. The van der Waals surface area contributed by atoms with Crippen molar-refractivity contribution in [3.63, 3.8) is 0 Å². The summed E-state index contributed by atoms with van der Waals surface area (Å²) in [6, 6.07) is 22.2. The van der Waals surface area contributed by atoms with Crippen LogP contribution in [0.5, 0.6) is 0 Å². The van der Waals surface area contributed by atoms with Gasteiger partial charge in [0.25, 0.3) is 0 Å². The lowest BCUT2D eigenvalue weighted by Crippen LogP contribution is -2.45. The molecule has 1 saturated heterocycles. The lowest BCUT2D eigenvalue weighted by atomic mass is 9.91. The summed E-state index contributed by atoms with van der Waals surface area (Å²) in [6.45, 7) is 1.33. The second kappa shape index (κ2) is 16.3. The van der Waals surface area contributed by atoms with Crippen LogP contribution in [0.15, 0.2) is 91.5 Å². The summed E-state index contributed by atoms with van der Waals surface area (Å²) >= 11 is 0. The molecule has 7 rings (SSSR count). The summed E-state index contributed by atoms with van der Waals surface area (Å²) in [6.07, 6.45) is 3.32. The monoisotopic (exact) mass is 727 g/mol. The summed E-state index contributed by atoms with van der Waals surface area (Å²) in [5, 5.41) is 34.1. The first-order valence-corrected chi connectivity index (χ1v) is 17.0. The first kappa shape index (κ1) is 36.4. The third-order valence-corrected chi connectivity index (χ3v) is 9.55. The van der Waals surface area contributed by atoms with Gasteiger partial charge in [0.05, 0.1) is 36.8 Å². The molecule has 15 nitrogen and oxygen atoms in total. The fourth-order valence-corrected chi connectivity index (χ4v) is 6.95. The van der Waals surface area contributed by atoms with Gasteiger partial charge in [-0.05, 0) is 36.1 Å². The molecule has 1 aliphatic heterocycles. The van der Waals surface area contributed by atoms with E-state index in [1.54, 1.807) is 35.4 Å². The van der Waals surface area contributed by atoms with Crippen LogP contribution in [0.2, 0.25) is 0 Å². The van der Waals surface area contributed by atoms with Crippen molar-refractivity contribution in [2.24, 2.45) is 5.73 Å². The predicted molar refractivity (Wildman–Crippen MR) is 199 cm³/mol. The Morgan fingerprint density at radius 1 is 0.942 bits per heavy atom. The number of carbonyl (C=O) groups excluding carboxylic acids is 2. The Morgan fingerprint density at radius 3 is 2.35 bits per heavy atom. The SMILES string of the molecule is Cl.NCC(=O)N[C@H]1C[C@@H](n2cnc3c(NCC(c4ccccc4)c4ccccc4)nc(N4CCC(NC(=O)Nc5cccnc5)C4)nc32)[C@H](O)[C@@H]1O. The molecule has 3 amide bonds. The number of aliphatic hydroxyl groups is 2. The highest BCUT2D eigenvalue weighted by Gasteiger charge is 2.44. The van der Waals surface area contributed by atoms with Gasteiger partial charge in [0, 0.05) is 37.8 Å². The molecular weight excluding hydrogens is 686 g/mol. The molecule has 5 atom stereocenters. The van der Waals surface area contributed by atoms with Crippen molar-refractivity contribution < 1.29 is 19.8 Å². The number of hydrogen-bond donors (Lipinski definition) is 7. The van der Waals surface area contributed by atoms with Crippen molar-refractivity contribution in [2.45, 2.75) is 49.1 Å². The van der Waals surface area contributed by atoms with Crippen LogP contribution in [0.4, 0.5) is 22.2 Å². The highest BCUT2D eigenvalue weighted by molar-refractivity contribution is 5.89. The predicted octanol–water partition coefficient (Wildman–Crippen LogP) is 2.40. The number of urea groups is 1. The fraction of sp³-hybridized carbons (Fsp3) is 0.333. The molecule has 0 radical (unpaired) electrons. The van der Waals surface area contributed by atoms with E-state index >= 15 is 0 Å². The van der Waals surface area contributed by atoms with E-state index in [1.165, 1.54) is 0 Å². The fourth-order valence-electron chi connectivity index (χ4n) is 6.95. The van der Waals surface area contributed by atoms with Gasteiger partial charge in [-0.2, -0.15) is 9.97 Å². The minimum atomic E-state index is -1.21. The van der Waals surface area contributed by atoms with Gasteiger partial charge in [-0.3, -0.25) is 9.78 Å². The molecule has 52 heavy (non-hydrogen) atoms. The Hall–Kier alpha value is -5.35. The normalized spacial score (nSPS) is 21.2. The number of anilines is 3. The lowest BCUT2D eigenvalue weighted by molar-refractivity contribution is -0.121. The van der Waals surface area contributed by atoms with Crippen LogP contribution < -0.4 is 31.9 Å². The molecule has 0 bridgehead atoms. The zero-order valence-electron chi connectivity index (χ0n) is 28.2. The van der Waals surface area contributed by atoms with Gasteiger partial charge in [0.2, 0.25) is 11.9 Å². The van der Waals surface area contributed by atoms with Gasteiger partial charge in [-0.15, -0.1) is 12.4 Å². The van der Waals surface area contributed by atoms with Gasteiger partial charge in [-0.25, -0.2) is 9.78 Å². The number of nitrogens with one attached hydrogen (secondary N) is 4. The molecule has 16 heteroatoms. The highest BCUT2D eigenvalue weighted by atomic mass is 35.5. The number of carbonyl (C=O) groups is 2. The number of halogens is 1. The van der Waals surface area contributed by atoms with E-state index in [4.69, 9.17) is 20.7 Å². The second-order valence-corrected chi connectivity index (χ2v) is 12.9. The van der Waals surface area contributed by atoms with Crippen LogP contribution >= 0.6 is 12.4 Å². The summed E-state index contributed by atoms with van der Waals surface area (Å²) in [7, 11) is 0.